The first-order valence-electron chi connectivity index (χ1n) is 8.08. The predicted molar refractivity (Wildman–Crippen MR) is 81.8 cm³/mol. The molecule has 1 heterocycles. The molecule has 0 atom stereocenters. The van der Waals surface area contributed by atoms with Gasteiger partial charge in [0.15, 0.2) is 0 Å². The van der Waals surface area contributed by atoms with E-state index < -0.39 is 0 Å². The lowest BCUT2D eigenvalue weighted by molar-refractivity contribution is -0.0110. The van der Waals surface area contributed by atoms with Crippen molar-refractivity contribution in [2.75, 3.05) is 6.54 Å². The van der Waals surface area contributed by atoms with Crippen molar-refractivity contribution in [2.45, 2.75) is 69.2 Å². The Morgan fingerprint density at radius 3 is 2.58 bits per heavy atom. The number of hydrogen-bond donors (Lipinski definition) is 1. The predicted octanol–water partition coefficient (Wildman–Crippen LogP) is 4.48. The molecule has 0 aromatic carbocycles. The first-order valence-corrected chi connectivity index (χ1v) is 8.96. The molecule has 4 rings (SSSR count). The van der Waals surface area contributed by atoms with Crippen LogP contribution in [-0.2, 0) is 5.41 Å². The molecule has 0 saturated heterocycles. The molecule has 3 saturated carbocycles. The summed E-state index contributed by atoms with van der Waals surface area (Å²) < 4.78 is 0. The third kappa shape index (κ3) is 2.27. The SMILES string of the molecule is c1csc(C2(CNC3CC3)CC3(CCCCC3)C2)c1. The summed E-state index contributed by atoms with van der Waals surface area (Å²) in [4.78, 5) is 1.65. The number of nitrogens with one attached hydrogen (secondary N) is 1. The van der Waals surface area contributed by atoms with Gasteiger partial charge in [-0.2, -0.15) is 0 Å². The molecule has 1 spiro atoms. The molecule has 1 N–H and O–H groups in total. The van der Waals surface area contributed by atoms with Crippen LogP contribution in [0.15, 0.2) is 17.5 Å². The monoisotopic (exact) mass is 275 g/mol. The van der Waals surface area contributed by atoms with Gasteiger partial charge < -0.3 is 5.32 Å². The van der Waals surface area contributed by atoms with E-state index >= 15 is 0 Å². The highest BCUT2D eigenvalue weighted by Crippen LogP contribution is 2.62. The Kier molecular flexibility index (Phi) is 3.00. The van der Waals surface area contributed by atoms with Crippen LogP contribution in [0.3, 0.4) is 0 Å². The average molecular weight is 275 g/mol. The van der Waals surface area contributed by atoms with Crippen LogP contribution in [0.5, 0.6) is 0 Å². The minimum atomic E-state index is 0.494. The summed E-state index contributed by atoms with van der Waals surface area (Å²) in [5, 5.41) is 6.08. The van der Waals surface area contributed by atoms with Crippen LogP contribution in [0.2, 0.25) is 0 Å². The third-order valence-corrected chi connectivity index (χ3v) is 6.81. The fourth-order valence-corrected chi connectivity index (χ4v) is 5.56. The van der Waals surface area contributed by atoms with Gasteiger partial charge in [-0.3, -0.25) is 0 Å². The smallest absolute Gasteiger partial charge is 0.0182 e. The van der Waals surface area contributed by atoms with Crippen molar-refractivity contribution in [3.05, 3.63) is 22.4 Å². The fraction of sp³-hybridized carbons (Fsp3) is 0.765. The second-order valence-corrected chi connectivity index (χ2v) is 8.27. The van der Waals surface area contributed by atoms with Crippen molar-refractivity contribution >= 4 is 11.3 Å². The van der Waals surface area contributed by atoms with E-state index in [-0.39, 0.29) is 0 Å². The van der Waals surface area contributed by atoms with Crippen LogP contribution in [0.25, 0.3) is 0 Å². The normalized spacial score (nSPS) is 28.2. The standard InChI is InChI=1S/C17H25NS/c1-2-8-16(9-3-1)11-17(12-16,13-18-14-6-7-14)15-5-4-10-19-15/h4-5,10,14,18H,1-3,6-9,11-13H2. The van der Waals surface area contributed by atoms with Gasteiger partial charge in [-0.15, -0.1) is 11.3 Å². The maximum absolute atomic E-state index is 3.82. The third-order valence-electron chi connectivity index (χ3n) is 5.69. The van der Waals surface area contributed by atoms with Crippen LogP contribution in [0.4, 0.5) is 0 Å². The van der Waals surface area contributed by atoms with Crippen molar-refractivity contribution in [1.29, 1.82) is 0 Å². The van der Waals surface area contributed by atoms with E-state index in [9.17, 15) is 0 Å². The first-order chi connectivity index (χ1) is 9.30. The van der Waals surface area contributed by atoms with Gasteiger partial charge in [-0.25, -0.2) is 0 Å². The van der Waals surface area contributed by atoms with E-state index in [4.69, 9.17) is 0 Å². The van der Waals surface area contributed by atoms with Gasteiger partial charge in [-0.1, -0.05) is 25.3 Å². The van der Waals surface area contributed by atoms with Crippen molar-refractivity contribution in [1.82, 2.24) is 5.32 Å². The molecule has 0 bridgehead atoms. The van der Waals surface area contributed by atoms with E-state index in [1.165, 1.54) is 64.3 Å². The highest BCUT2D eigenvalue weighted by Gasteiger charge is 2.55. The highest BCUT2D eigenvalue weighted by atomic mass is 32.1. The van der Waals surface area contributed by atoms with E-state index in [1.54, 1.807) is 4.88 Å². The summed E-state index contributed by atoms with van der Waals surface area (Å²) in [7, 11) is 0. The lowest BCUT2D eigenvalue weighted by Crippen LogP contribution is -2.55. The molecule has 0 unspecified atom stereocenters. The Hall–Kier alpha value is -0.340. The first kappa shape index (κ1) is 12.4. The van der Waals surface area contributed by atoms with E-state index in [2.05, 4.69) is 22.8 Å². The van der Waals surface area contributed by atoms with E-state index in [0.717, 1.165) is 11.5 Å². The van der Waals surface area contributed by atoms with Gasteiger partial charge >= 0.3 is 0 Å². The fourth-order valence-electron chi connectivity index (χ4n) is 4.63. The van der Waals surface area contributed by atoms with Crippen LogP contribution in [-0.4, -0.2) is 12.6 Å². The number of hydrogen-bond acceptors (Lipinski definition) is 2. The Bertz CT molecular complexity index is 418. The van der Waals surface area contributed by atoms with Gasteiger partial charge in [0.05, 0.1) is 0 Å². The van der Waals surface area contributed by atoms with Gasteiger partial charge in [0.25, 0.3) is 0 Å². The van der Waals surface area contributed by atoms with Crippen LogP contribution in [0.1, 0.15) is 62.7 Å². The van der Waals surface area contributed by atoms with E-state index in [1.807, 2.05) is 11.3 Å². The molecule has 104 valence electrons. The maximum atomic E-state index is 3.82. The van der Waals surface area contributed by atoms with Crippen LogP contribution >= 0.6 is 11.3 Å². The Labute approximate surface area is 120 Å². The average Bonchev–Trinajstić information content (AvgIpc) is 3.06. The molecule has 3 aliphatic carbocycles. The second kappa shape index (κ2) is 4.60. The zero-order valence-electron chi connectivity index (χ0n) is 11.8. The highest BCUT2D eigenvalue weighted by molar-refractivity contribution is 7.10. The Morgan fingerprint density at radius 1 is 1.16 bits per heavy atom. The lowest BCUT2D eigenvalue weighted by atomic mass is 9.48. The molecule has 3 aliphatic rings. The minimum absolute atomic E-state index is 0.494. The molecule has 0 radical (unpaired) electrons. The molecule has 19 heavy (non-hydrogen) atoms. The molecule has 1 nitrogen and oxygen atoms in total. The van der Waals surface area contributed by atoms with Crippen molar-refractivity contribution in [2.24, 2.45) is 5.41 Å². The summed E-state index contributed by atoms with van der Waals surface area (Å²) in [6, 6.07) is 5.47. The zero-order valence-corrected chi connectivity index (χ0v) is 12.6. The lowest BCUT2D eigenvalue weighted by Gasteiger charge is -2.58. The van der Waals surface area contributed by atoms with Gasteiger partial charge in [0.1, 0.15) is 0 Å². The molecule has 0 aliphatic heterocycles. The molecule has 3 fully saturated rings. The van der Waals surface area contributed by atoms with Crippen LogP contribution < -0.4 is 5.32 Å². The number of rotatable bonds is 4. The second-order valence-electron chi connectivity index (χ2n) is 7.33. The van der Waals surface area contributed by atoms with Gasteiger partial charge in [-0.05, 0) is 55.4 Å². The molecule has 1 aromatic rings. The number of thiophene rings is 1. The molecule has 2 heteroatoms. The molecule has 0 amide bonds. The minimum Gasteiger partial charge on any atom is -0.313 e. The van der Waals surface area contributed by atoms with Crippen molar-refractivity contribution in [3.8, 4) is 0 Å². The van der Waals surface area contributed by atoms with Crippen molar-refractivity contribution in [3.63, 3.8) is 0 Å². The molecular formula is C17H25NS. The summed E-state index contributed by atoms with van der Waals surface area (Å²) in [6.45, 7) is 1.24. The summed E-state index contributed by atoms with van der Waals surface area (Å²) >= 11 is 1.99. The van der Waals surface area contributed by atoms with Crippen molar-refractivity contribution < 1.29 is 0 Å². The van der Waals surface area contributed by atoms with Crippen LogP contribution in [0, 0.1) is 5.41 Å². The quantitative estimate of drug-likeness (QED) is 0.854. The zero-order chi connectivity index (χ0) is 12.8. The summed E-state index contributed by atoms with van der Waals surface area (Å²) in [5.41, 5.74) is 1.22. The summed E-state index contributed by atoms with van der Waals surface area (Å²) in [6.07, 6.45) is 13.2. The Balaban J connectivity index is 1.50. The van der Waals surface area contributed by atoms with Gasteiger partial charge in [0, 0.05) is 22.9 Å². The topological polar surface area (TPSA) is 12.0 Å². The largest absolute Gasteiger partial charge is 0.313 e. The molecular weight excluding hydrogens is 250 g/mol. The maximum Gasteiger partial charge on any atom is 0.0182 e. The summed E-state index contributed by atoms with van der Waals surface area (Å²) in [5.74, 6) is 0. The van der Waals surface area contributed by atoms with Gasteiger partial charge in [0.2, 0.25) is 0 Å². The Morgan fingerprint density at radius 2 is 1.95 bits per heavy atom. The molecule has 1 aromatic heterocycles. The van der Waals surface area contributed by atoms with E-state index in [0.29, 0.717) is 5.41 Å².